The molecule has 2 aromatic carbocycles. The number of benzene rings is 2. The number of hydrogen-bond acceptors (Lipinski definition) is 1. The van der Waals surface area contributed by atoms with E-state index in [-0.39, 0.29) is 5.78 Å². The average molecular weight is 279 g/mol. The lowest BCUT2D eigenvalue weighted by atomic mass is 10.0. The number of rotatable bonds is 4. The fourth-order valence-electron chi connectivity index (χ4n) is 1.70. The lowest BCUT2D eigenvalue weighted by molar-refractivity contribution is 0.0985. The van der Waals surface area contributed by atoms with Gasteiger partial charge in [-0.25, -0.2) is 0 Å². The van der Waals surface area contributed by atoms with Gasteiger partial charge in [-0.05, 0) is 5.56 Å². The van der Waals surface area contributed by atoms with Crippen molar-refractivity contribution >= 4 is 29.0 Å². The molecule has 0 heterocycles. The molecule has 0 saturated heterocycles. The third kappa shape index (κ3) is 2.92. The van der Waals surface area contributed by atoms with E-state index in [4.69, 9.17) is 23.2 Å². The molecule has 92 valence electrons. The van der Waals surface area contributed by atoms with E-state index in [1.54, 1.807) is 12.1 Å². The minimum Gasteiger partial charge on any atom is -0.292 e. The van der Waals surface area contributed by atoms with Crippen LogP contribution in [0.4, 0.5) is 0 Å². The van der Waals surface area contributed by atoms with Crippen molar-refractivity contribution in [3.05, 3.63) is 71.8 Å². The Hall–Kier alpha value is -1.31. The van der Waals surface area contributed by atoms with Gasteiger partial charge >= 0.3 is 0 Å². The summed E-state index contributed by atoms with van der Waals surface area (Å²) >= 11 is 12.4. The Balaban J connectivity index is 2.17. The van der Waals surface area contributed by atoms with Gasteiger partial charge in [-0.1, -0.05) is 60.7 Å². The molecule has 0 radical (unpaired) electrons. The van der Waals surface area contributed by atoms with Crippen LogP contribution in [0.5, 0.6) is 0 Å². The molecular formula is C15H12Cl2O. The Morgan fingerprint density at radius 3 is 1.89 bits per heavy atom. The fraction of sp³-hybridized carbons (Fsp3) is 0.133. The van der Waals surface area contributed by atoms with Crippen LogP contribution in [0.2, 0.25) is 0 Å². The first-order valence-electron chi connectivity index (χ1n) is 5.62. The van der Waals surface area contributed by atoms with Crippen molar-refractivity contribution in [3.8, 4) is 0 Å². The molecule has 0 aliphatic rings. The van der Waals surface area contributed by atoms with Crippen LogP contribution in [0, 0.1) is 0 Å². The van der Waals surface area contributed by atoms with E-state index < -0.39 is 10.8 Å². The molecule has 0 N–H and O–H groups in total. The molecule has 0 aromatic heterocycles. The standard InChI is InChI=1S/C15H12Cl2O/c16-13(11-7-3-1-4-8-11)14(17)15(18)12-9-5-2-6-10-12/h1-10,13-14H/t13-,14+/m1/s1. The summed E-state index contributed by atoms with van der Waals surface area (Å²) in [5.41, 5.74) is 1.43. The molecule has 3 heteroatoms. The van der Waals surface area contributed by atoms with Crippen molar-refractivity contribution in [2.45, 2.75) is 10.8 Å². The van der Waals surface area contributed by atoms with Gasteiger partial charge in [0.25, 0.3) is 0 Å². The summed E-state index contributed by atoms with van der Waals surface area (Å²) in [5.74, 6) is -0.152. The highest BCUT2D eigenvalue weighted by Crippen LogP contribution is 2.30. The van der Waals surface area contributed by atoms with E-state index >= 15 is 0 Å². The molecule has 2 rings (SSSR count). The minimum absolute atomic E-state index is 0.152. The molecule has 0 saturated carbocycles. The Morgan fingerprint density at radius 2 is 1.33 bits per heavy atom. The van der Waals surface area contributed by atoms with Crippen molar-refractivity contribution in [1.29, 1.82) is 0 Å². The summed E-state index contributed by atoms with van der Waals surface area (Å²) in [7, 11) is 0. The predicted molar refractivity (Wildman–Crippen MR) is 75.4 cm³/mol. The van der Waals surface area contributed by atoms with Crippen LogP contribution < -0.4 is 0 Å². The lowest BCUT2D eigenvalue weighted by Gasteiger charge is -2.15. The summed E-state index contributed by atoms with van der Waals surface area (Å²) in [6.07, 6.45) is 0. The van der Waals surface area contributed by atoms with E-state index in [0.717, 1.165) is 5.56 Å². The summed E-state index contributed by atoms with van der Waals surface area (Å²) in [6, 6.07) is 18.3. The van der Waals surface area contributed by atoms with E-state index in [0.29, 0.717) is 5.56 Å². The quantitative estimate of drug-likeness (QED) is 0.596. The van der Waals surface area contributed by atoms with Crippen molar-refractivity contribution in [3.63, 3.8) is 0 Å². The first-order chi connectivity index (χ1) is 8.70. The van der Waals surface area contributed by atoms with E-state index in [1.807, 2.05) is 48.5 Å². The molecule has 0 aliphatic carbocycles. The lowest BCUT2D eigenvalue weighted by Crippen LogP contribution is -2.19. The molecular weight excluding hydrogens is 267 g/mol. The summed E-state index contributed by atoms with van der Waals surface area (Å²) in [5, 5.41) is -1.29. The van der Waals surface area contributed by atoms with Crippen LogP contribution in [-0.4, -0.2) is 11.2 Å². The molecule has 2 atom stereocenters. The first-order valence-corrected chi connectivity index (χ1v) is 6.50. The normalized spacial score (nSPS) is 13.9. The average Bonchev–Trinajstić information content (AvgIpc) is 2.47. The van der Waals surface area contributed by atoms with Gasteiger partial charge < -0.3 is 0 Å². The fourth-order valence-corrected chi connectivity index (χ4v) is 2.23. The predicted octanol–water partition coefficient (Wildman–Crippen LogP) is 4.46. The molecule has 0 bridgehead atoms. The highest BCUT2D eigenvalue weighted by Gasteiger charge is 2.26. The number of ketones is 1. The largest absolute Gasteiger partial charge is 0.292 e. The number of hydrogen-bond donors (Lipinski definition) is 0. The zero-order valence-corrected chi connectivity index (χ0v) is 11.1. The number of Topliss-reactive ketones (excluding diaryl/α,β-unsaturated/α-hetero) is 1. The van der Waals surface area contributed by atoms with Gasteiger partial charge in [0.2, 0.25) is 0 Å². The van der Waals surface area contributed by atoms with Crippen LogP contribution in [0.3, 0.4) is 0 Å². The second-order valence-corrected chi connectivity index (χ2v) is 4.88. The van der Waals surface area contributed by atoms with Crippen LogP contribution >= 0.6 is 23.2 Å². The van der Waals surface area contributed by atoms with Gasteiger partial charge in [-0.2, -0.15) is 0 Å². The molecule has 0 fully saturated rings. The zero-order valence-electron chi connectivity index (χ0n) is 9.59. The monoisotopic (exact) mass is 278 g/mol. The molecule has 2 aromatic rings. The Morgan fingerprint density at radius 1 is 0.833 bits per heavy atom. The van der Waals surface area contributed by atoms with E-state index in [9.17, 15) is 4.79 Å². The summed E-state index contributed by atoms with van der Waals surface area (Å²) < 4.78 is 0. The second kappa shape index (κ2) is 6.03. The van der Waals surface area contributed by atoms with Crippen LogP contribution in [-0.2, 0) is 0 Å². The highest BCUT2D eigenvalue weighted by molar-refractivity contribution is 6.39. The number of halogens is 2. The third-order valence-corrected chi connectivity index (χ3v) is 3.77. The van der Waals surface area contributed by atoms with Crippen molar-refractivity contribution in [2.24, 2.45) is 0 Å². The zero-order chi connectivity index (χ0) is 13.0. The SMILES string of the molecule is O=C(c1ccccc1)[C@@H](Cl)[C@H](Cl)c1ccccc1. The van der Waals surface area contributed by atoms with Crippen LogP contribution in [0.1, 0.15) is 21.3 Å². The highest BCUT2D eigenvalue weighted by atomic mass is 35.5. The molecule has 0 aliphatic heterocycles. The Bertz CT molecular complexity index is 511. The number of carbonyl (C=O) groups is 1. The Kier molecular flexibility index (Phi) is 4.40. The van der Waals surface area contributed by atoms with Gasteiger partial charge in [0, 0.05) is 5.56 Å². The van der Waals surface area contributed by atoms with Crippen LogP contribution in [0.15, 0.2) is 60.7 Å². The van der Waals surface area contributed by atoms with Gasteiger partial charge in [0.15, 0.2) is 5.78 Å². The second-order valence-electron chi connectivity index (χ2n) is 3.94. The van der Waals surface area contributed by atoms with Crippen molar-refractivity contribution in [2.75, 3.05) is 0 Å². The van der Waals surface area contributed by atoms with Crippen molar-refractivity contribution < 1.29 is 4.79 Å². The van der Waals surface area contributed by atoms with E-state index in [2.05, 4.69) is 0 Å². The maximum Gasteiger partial charge on any atom is 0.182 e. The summed E-state index contributed by atoms with van der Waals surface area (Å²) in [4.78, 5) is 12.1. The maximum atomic E-state index is 12.1. The number of carbonyl (C=O) groups excluding carboxylic acids is 1. The van der Waals surface area contributed by atoms with Crippen LogP contribution in [0.25, 0.3) is 0 Å². The summed E-state index contributed by atoms with van der Waals surface area (Å²) in [6.45, 7) is 0. The molecule has 0 amide bonds. The number of alkyl halides is 2. The topological polar surface area (TPSA) is 17.1 Å². The van der Waals surface area contributed by atoms with Gasteiger partial charge in [-0.15, -0.1) is 23.2 Å². The molecule has 0 spiro atoms. The van der Waals surface area contributed by atoms with E-state index in [1.165, 1.54) is 0 Å². The molecule has 0 unspecified atom stereocenters. The Labute approximate surface area is 116 Å². The molecule has 18 heavy (non-hydrogen) atoms. The molecule has 1 nitrogen and oxygen atoms in total. The first kappa shape index (κ1) is 13.1. The maximum absolute atomic E-state index is 12.1. The smallest absolute Gasteiger partial charge is 0.182 e. The van der Waals surface area contributed by atoms with Crippen molar-refractivity contribution in [1.82, 2.24) is 0 Å². The van der Waals surface area contributed by atoms with Gasteiger partial charge in [0.1, 0.15) is 5.38 Å². The third-order valence-electron chi connectivity index (χ3n) is 2.68. The van der Waals surface area contributed by atoms with Gasteiger partial charge in [-0.3, -0.25) is 4.79 Å². The minimum atomic E-state index is -0.767. The van der Waals surface area contributed by atoms with Gasteiger partial charge in [0.05, 0.1) is 5.38 Å².